The minimum atomic E-state index is 0. The molecule has 56 valence electrons. The molecule has 0 saturated heterocycles. The second-order valence-corrected chi connectivity index (χ2v) is 1.91. The molecule has 0 aliphatic heterocycles. The van der Waals surface area contributed by atoms with E-state index in [1.165, 1.54) is 5.56 Å². The first-order valence-corrected chi connectivity index (χ1v) is 3.11. The van der Waals surface area contributed by atoms with Gasteiger partial charge in [0.25, 0.3) is 0 Å². The van der Waals surface area contributed by atoms with E-state index in [-0.39, 0.29) is 20.4 Å². The molecule has 0 nitrogen and oxygen atoms in total. The van der Waals surface area contributed by atoms with Gasteiger partial charge in [0.05, 0.1) is 0 Å². The molecule has 0 aromatic heterocycles. The van der Waals surface area contributed by atoms with Crippen molar-refractivity contribution in [2.75, 3.05) is 0 Å². The van der Waals surface area contributed by atoms with E-state index >= 15 is 0 Å². The average Bonchev–Trinajstić information content (AvgIpc) is 1.91. The number of hydrogen-bond donors (Lipinski definition) is 0. The van der Waals surface area contributed by atoms with Crippen molar-refractivity contribution in [1.29, 1.82) is 0 Å². The second-order valence-electron chi connectivity index (χ2n) is 1.91. The van der Waals surface area contributed by atoms with Crippen molar-refractivity contribution in [2.24, 2.45) is 0 Å². The molecule has 0 heterocycles. The first-order chi connectivity index (χ1) is 4.43. The van der Waals surface area contributed by atoms with E-state index in [4.69, 9.17) is 0 Å². The van der Waals surface area contributed by atoms with Crippen molar-refractivity contribution in [3.05, 3.63) is 42.0 Å². The predicted octanol–water partition coefficient (Wildman–Crippen LogP) is 2.72. The van der Waals surface area contributed by atoms with Crippen LogP contribution in [-0.4, -0.2) is 0 Å². The normalized spacial score (nSPS) is 9.30. The molecule has 0 saturated carbocycles. The zero-order valence-corrected chi connectivity index (χ0v) is 7.41. The van der Waals surface area contributed by atoms with Gasteiger partial charge in [0.1, 0.15) is 0 Å². The monoisotopic (exact) mass is 224 g/mol. The first kappa shape index (κ1) is 9.62. The van der Waals surface area contributed by atoms with Crippen LogP contribution >= 0.6 is 0 Å². The Labute approximate surface area is 75.6 Å². The Morgan fingerprint density at radius 3 is 2.20 bits per heavy atom. The number of hydrogen-bond acceptors (Lipinski definition) is 0. The third kappa shape index (κ3) is 2.96. The predicted molar refractivity (Wildman–Crippen MR) is 41.2 cm³/mol. The van der Waals surface area contributed by atoms with E-state index in [0.717, 1.165) is 0 Å². The SMILES string of the molecule is CC=Cc1ccccc1.[Pd]. The Balaban J connectivity index is 0.000000810. The number of rotatable bonds is 1. The summed E-state index contributed by atoms with van der Waals surface area (Å²) >= 11 is 0. The summed E-state index contributed by atoms with van der Waals surface area (Å²) < 4.78 is 0. The van der Waals surface area contributed by atoms with Crippen LogP contribution in [0.2, 0.25) is 0 Å². The summed E-state index contributed by atoms with van der Waals surface area (Å²) in [6.45, 7) is 2.02. The zero-order valence-electron chi connectivity index (χ0n) is 5.86. The maximum Gasteiger partial charge on any atom is 0 e. The maximum absolute atomic E-state index is 2.08. The van der Waals surface area contributed by atoms with Gasteiger partial charge in [0, 0.05) is 20.4 Å². The molecule has 0 aliphatic rings. The molecule has 1 rings (SSSR count). The van der Waals surface area contributed by atoms with E-state index in [1.807, 2.05) is 31.2 Å². The summed E-state index contributed by atoms with van der Waals surface area (Å²) in [5.74, 6) is 0. The van der Waals surface area contributed by atoms with Crippen molar-refractivity contribution in [2.45, 2.75) is 6.92 Å². The van der Waals surface area contributed by atoms with Crippen LogP contribution in [0.3, 0.4) is 0 Å². The van der Waals surface area contributed by atoms with Gasteiger partial charge < -0.3 is 0 Å². The van der Waals surface area contributed by atoms with Crippen LogP contribution in [0, 0.1) is 0 Å². The Morgan fingerprint density at radius 2 is 1.70 bits per heavy atom. The van der Waals surface area contributed by atoms with E-state index < -0.39 is 0 Å². The van der Waals surface area contributed by atoms with E-state index in [2.05, 4.69) is 18.2 Å². The molecule has 1 aromatic rings. The average molecular weight is 225 g/mol. The van der Waals surface area contributed by atoms with Gasteiger partial charge in [-0.25, -0.2) is 0 Å². The number of allylic oxidation sites excluding steroid dienone is 1. The molecule has 0 bridgehead atoms. The standard InChI is InChI=1S/C9H10.Pd/c1-2-6-9-7-4-3-5-8-9;/h2-8H,1H3;. The molecule has 0 radical (unpaired) electrons. The van der Waals surface area contributed by atoms with Crippen molar-refractivity contribution in [1.82, 2.24) is 0 Å². The van der Waals surface area contributed by atoms with E-state index in [0.29, 0.717) is 0 Å². The molecular formula is C9H10Pd. The summed E-state index contributed by atoms with van der Waals surface area (Å²) in [5.41, 5.74) is 1.26. The van der Waals surface area contributed by atoms with Crippen LogP contribution in [0.4, 0.5) is 0 Å². The molecule has 0 aliphatic carbocycles. The van der Waals surface area contributed by atoms with Crippen LogP contribution in [0.1, 0.15) is 12.5 Å². The van der Waals surface area contributed by atoms with Gasteiger partial charge in [-0.3, -0.25) is 0 Å². The van der Waals surface area contributed by atoms with Gasteiger partial charge >= 0.3 is 0 Å². The van der Waals surface area contributed by atoms with Crippen molar-refractivity contribution in [3.8, 4) is 0 Å². The quantitative estimate of drug-likeness (QED) is 0.644. The minimum Gasteiger partial charge on any atom is -0.0871 e. The van der Waals surface area contributed by atoms with Gasteiger partial charge in [-0.1, -0.05) is 42.5 Å². The zero-order chi connectivity index (χ0) is 6.53. The van der Waals surface area contributed by atoms with Crippen molar-refractivity contribution >= 4 is 6.08 Å². The van der Waals surface area contributed by atoms with Crippen molar-refractivity contribution < 1.29 is 20.4 Å². The Bertz CT molecular complexity index is 189. The van der Waals surface area contributed by atoms with Gasteiger partial charge in [-0.05, 0) is 12.5 Å². The first-order valence-electron chi connectivity index (χ1n) is 3.11. The van der Waals surface area contributed by atoms with Gasteiger partial charge in [-0.2, -0.15) is 0 Å². The summed E-state index contributed by atoms with van der Waals surface area (Å²) in [6, 6.07) is 10.3. The third-order valence-corrected chi connectivity index (χ3v) is 1.16. The fraction of sp³-hybridized carbons (Fsp3) is 0.111. The Hall–Kier alpha value is -0.378. The van der Waals surface area contributed by atoms with Crippen LogP contribution in [-0.2, 0) is 20.4 Å². The fourth-order valence-corrected chi connectivity index (χ4v) is 0.757. The van der Waals surface area contributed by atoms with E-state index in [9.17, 15) is 0 Å². The second kappa shape index (κ2) is 5.41. The Morgan fingerprint density at radius 1 is 1.10 bits per heavy atom. The molecule has 0 atom stereocenters. The van der Waals surface area contributed by atoms with Crippen LogP contribution in [0.5, 0.6) is 0 Å². The maximum atomic E-state index is 2.08. The minimum absolute atomic E-state index is 0. The fourth-order valence-electron chi connectivity index (χ4n) is 0.757. The van der Waals surface area contributed by atoms with Crippen LogP contribution < -0.4 is 0 Å². The van der Waals surface area contributed by atoms with Gasteiger partial charge in [0.2, 0.25) is 0 Å². The smallest absolute Gasteiger partial charge is 0 e. The molecule has 0 unspecified atom stereocenters. The molecule has 1 heteroatoms. The molecule has 1 aromatic carbocycles. The summed E-state index contributed by atoms with van der Waals surface area (Å²) in [6.07, 6.45) is 4.12. The van der Waals surface area contributed by atoms with Crippen LogP contribution in [0.15, 0.2) is 36.4 Å². The molecule has 10 heavy (non-hydrogen) atoms. The summed E-state index contributed by atoms with van der Waals surface area (Å²) in [5, 5.41) is 0. The molecule has 0 amide bonds. The molecule has 0 fully saturated rings. The Kier molecular flexibility index (Phi) is 5.21. The molecular weight excluding hydrogens is 215 g/mol. The van der Waals surface area contributed by atoms with Crippen LogP contribution in [0.25, 0.3) is 6.08 Å². The summed E-state index contributed by atoms with van der Waals surface area (Å²) in [4.78, 5) is 0. The molecule has 0 N–H and O–H groups in total. The van der Waals surface area contributed by atoms with Gasteiger partial charge in [0.15, 0.2) is 0 Å². The van der Waals surface area contributed by atoms with E-state index in [1.54, 1.807) is 0 Å². The molecule has 0 spiro atoms. The topological polar surface area (TPSA) is 0 Å². The van der Waals surface area contributed by atoms with Gasteiger partial charge in [-0.15, -0.1) is 0 Å². The number of benzene rings is 1. The van der Waals surface area contributed by atoms with Crippen molar-refractivity contribution in [3.63, 3.8) is 0 Å². The summed E-state index contributed by atoms with van der Waals surface area (Å²) in [7, 11) is 0. The largest absolute Gasteiger partial charge is 0.0871 e. The third-order valence-electron chi connectivity index (χ3n) is 1.16.